The Morgan fingerprint density at radius 1 is 0.679 bits per heavy atom. The summed E-state index contributed by atoms with van der Waals surface area (Å²) in [5.74, 6) is 0.643. The van der Waals surface area contributed by atoms with Crippen molar-refractivity contribution in [3.63, 3.8) is 0 Å². The summed E-state index contributed by atoms with van der Waals surface area (Å²) in [6.07, 6.45) is 2.02. The smallest absolute Gasteiger partial charge is 0.216 e. The second-order valence-electron chi connectivity index (χ2n) is 13.5. The molecule has 4 heterocycles. The molecule has 0 unspecified atom stereocenters. The summed E-state index contributed by atoms with van der Waals surface area (Å²) in [5.41, 5.74) is 6.27. The molecule has 0 spiro atoms. The van der Waals surface area contributed by atoms with Crippen molar-refractivity contribution in [1.82, 2.24) is 19.5 Å². The van der Waals surface area contributed by atoms with E-state index in [0.717, 1.165) is 33.4 Å². The van der Waals surface area contributed by atoms with Crippen LogP contribution >= 0.6 is 0 Å². The number of aryl methyl sites for hydroxylation is 2. The molecule has 0 atom stereocenters. The second-order valence-corrected chi connectivity index (χ2v) is 18.6. The maximum atomic E-state index is 8.06. The van der Waals surface area contributed by atoms with Crippen LogP contribution in [0.1, 0.15) is 19.4 Å². The van der Waals surface area contributed by atoms with Crippen molar-refractivity contribution in [2.24, 2.45) is 0 Å². The fraction of sp³-hybridized carbons (Fsp3) is 0.109. The Balaban J connectivity index is 0.000000262. The minimum Gasteiger partial charge on any atom is -0.486 e. The summed E-state index contributed by atoms with van der Waals surface area (Å²) in [6.45, 7) is 1.91. The predicted octanol–water partition coefficient (Wildman–Crippen LogP) is 11.2. The maximum absolute atomic E-state index is 8.06. The van der Waals surface area contributed by atoms with Crippen molar-refractivity contribution >= 4 is 46.4 Å². The van der Waals surface area contributed by atoms with Crippen LogP contribution in [0.15, 0.2) is 144 Å². The van der Waals surface area contributed by atoms with Gasteiger partial charge in [0.05, 0.1) is 36.2 Å². The second kappa shape index (κ2) is 14.9. The number of imidazole rings is 1. The molecule has 0 saturated carbocycles. The maximum Gasteiger partial charge on any atom is 0.216 e. The van der Waals surface area contributed by atoms with Gasteiger partial charge in [-0.15, -0.1) is 54.1 Å². The number of para-hydroxylation sites is 3. The number of rotatable bonds is 5. The number of hydrogen-bond acceptors (Lipinski definition) is 4. The third kappa shape index (κ3) is 7.04. The molecule has 7 heteroatoms. The molecule has 0 aliphatic carbocycles. The van der Waals surface area contributed by atoms with Gasteiger partial charge in [0.2, 0.25) is 5.71 Å². The fourth-order valence-electron chi connectivity index (χ4n) is 6.34. The van der Waals surface area contributed by atoms with Gasteiger partial charge in [-0.05, 0) is 72.1 Å². The first-order chi connectivity index (χ1) is 27.7. The van der Waals surface area contributed by atoms with Crippen LogP contribution in [-0.2, 0) is 20.1 Å². The molecule has 0 aliphatic heterocycles. The third-order valence-electron chi connectivity index (χ3n) is 9.03. The molecule has 0 fully saturated rings. The Morgan fingerprint density at radius 2 is 1.43 bits per heavy atom. The molecule has 0 bridgehead atoms. The first-order valence-electron chi connectivity index (χ1n) is 20.0. The number of aromatic nitrogens is 4. The van der Waals surface area contributed by atoms with E-state index in [2.05, 4.69) is 58.4 Å². The van der Waals surface area contributed by atoms with Gasteiger partial charge in [0.1, 0.15) is 0 Å². The van der Waals surface area contributed by atoms with Gasteiger partial charge < -0.3 is 14.0 Å². The molecule has 0 N–H and O–H groups in total. The van der Waals surface area contributed by atoms with E-state index in [1.165, 1.54) is 23.4 Å². The van der Waals surface area contributed by atoms with Gasteiger partial charge in [-0.25, -0.2) is 4.98 Å². The molecule has 9 rings (SSSR count). The largest absolute Gasteiger partial charge is 0.486 e. The summed E-state index contributed by atoms with van der Waals surface area (Å²) in [6, 6.07) is 47.9. The number of fused-ring (bicyclic) bond motifs is 4. The molecule has 0 saturated heterocycles. The van der Waals surface area contributed by atoms with Crippen molar-refractivity contribution in [2.75, 3.05) is 0 Å². The summed E-state index contributed by atoms with van der Waals surface area (Å²) in [5, 5.41) is 2.88. The zero-order chi connectivity index (χ0) is 40.8. The van der Waals surface area contributed by atoms with Crippen molar-refractivity contribution in [2.45, 2.75) is 33.3 Å². The van der Waals surface area contributed by atoms with E-state index in [4.69, 9.17) is 17.6 Å². The van der Waals surface area contributed by atoms with Gasteiger partial charge in [0.15, 0.2) is 0 Å². The minimum atomic E-state index is -2.54. The van der Waals surface area contributed by atoms with Crippen LogP contribution in [0.3, 0.4) is 0 Å². The summed E-state index contributed by atoms with van der Waals surface area (Å²) < 4.78 is 56.8. The van der Waals surface area contributed by atoms with Gasteiger partial charge in [-0.2, -0.15) is 0 Å². The van der Waals surface area contributed by atoms with E-state index < -0.39 is 21.8 Å². The number of pyridine rings is 2. The van der Waals surface area contributed by atoms with Gasteiger partial charge in [0.25, 0.3) is 0 Å². The summed E-state index contributed by atoms with van der Waals surface area (Å²) in [7, 11) is -1.23. The molecular formula is C46H38IrN4OSi-2. The zero-order valence-electron chi connectivity index (χ0n) is 35.3. The minimum absolute atomic E-state index is 0. The average Bonchev–Trinajstić information content (AvgIpc) is 3.79. The molecule has 263 valence electrons. The van der Waals surface area contributed by atoms with Crippen LogP contribution in [-0.4, -0.2) is 27.6 Å². The van der Waals surface area contributed by atoms with Gasteiger partial charge >= 0.3 is 0 Å². The molecule has 5 nitrogen and oxygen atoms in total. The Bertz CT molecular complexity index is 2870. The third-order valence-corrected chi connectivity index (χ3v) is 11.1. The topological polar surface area (TPSA) is 56.7 Å². The summed E-state index contributed by atoms with van der Waals surface area (Å²) in [4.78, 5) is 14.1. The van der Waals surface area contributed by atoms with E-state index in [-0.39, 0.29) is 48.2 Å². The molecule has 53 heavy (non-hydrogen) atoms. The normalized spacial score (nSPS) is 13.5. The van der Waals surface area contributed by atoms with Crippen LogP contribution in [0.4, 0.5) is 0 Å². The van der Waals surface area contributed by atoms with Crippen molar-refractivity contribution in [3.8, 4) is 39.6 Å². The molecule has 0 amide bonds. The monoisotopic (exact) mass is 889 g/mol. The van der Waals surface area contributed by atoms with E-state index in [1.807, 2.05) is 97.2 Å². The first-order valence-corrected chi connectivity index (χ1v) is 20.5. The average molecular weight is 889 g/mol. The van der Waals surface area contributed by atoms with E-state index in [0.29, 0.717) is 22.4 Å². The first kappa shape index (κ1) is 29.0. The van der Waals surface area contributed by atoms with Crippen molar-refractivity contribution < 1.29 is 32.7 Å². The SMILES string of the molecule is C[Si](C)(C)c1ccc(-c2[c-]cccc2)nc1.[2H]C([2H])([2H])c1cccc(C([2H])([2H])[2H])c1-c1ccc2c(n1)oc1c(-c3nc4ccccc4n3-c3ccccc3)[c-]ccc12.[Ir]. The number of furan rings is 1. The Labute approximate surface area is 333 Å². The molecule has 0 aliphatic rings. The Kier molecular flexibility index (Phi) is 8.15. The van der Waals surface area contributed by atoms with Gasteiger partial charge in [-0.3, -0.25) is 4.98 Å². The van der Waals surface area contributed by atoms with Gasteiger partial charge in [0, 0.05) is 51.2 Å². The van der Waals surface area contributed by atoms with Crippen LogP contribution in [0.25, 0.3) is 72.7 Å². The molecule has 4 aromatic heterocycles. The standard InChI is InChI=1S/C32H22N3O.C14H16NSi.Ir/c1-20-10-8-11-21(2)29(20)27-19-18-24-23-14-9-15-25(30(23)36-32(24)34-27)31-33-26-16-6-7-17-28(26)35(31)22-12-4-3-5-13-22;1-16(2,3)13-9-10-14(15-11-13)12-7-5-4-6-8-12;/h3-14,16-19H,1-2H3;4-7,9-11H,1-3H3;/q2*-1;/i1D3,2D3;;. The van der Waals surface area contributed by atoms with Crippen LogP contribution < -0.4 is 5.19 Å². The van der Waals surface area contributed by atoms with Gasteiger partial charge in [-0.1, -0.05) is 91.3 Å². The quantitative estimate of drug-likeness (QED) is 0.128. The zero-order valence-corrected chi connectivity index (χ0v) is 32.7. The fourth-order valence-corrected chi connectivity index (χ4v) is 7.37. The number of nitrogens with zero attached hydrogens (tertiary/aromatic N) is 4. The molecular weight excluding hydrogens is 845 g/mol. The predicted molar refractivity (Wildman–Crippen MR) is 217 cm³/mol. The van der Waals surface area contributed by atoms with Crippen molar-refractivity contribution in [3.05, 3.63) is 163 Å². The van der Waals surface area contributed by atoms with E-state index in [1.54, 1.807) is 12.1 Å². The van der Waals surface area contributed by atoms with E-state index >= 15 is 0 Å². The van der Waals surface area contributed by atoms with Crippen LogP contribution in [0, 0.1) is 25.8 Å². The Morgan fingerprint density at radius 3 is 2.15 bits per heavy atom. The molecule has 9 aromatic rings. The van der Waals surface area contributed by atoms with Crippen LogP contribution in [0.5, 0.6) is 0 Å². The summed E-state index contributed by atoms with van der Waals surface area (Å²) >= 11 is 0. The molecule has 5 aromatic carbocycles. The number of hydrogen-bond donors (Lipinski definition) is 0. The Hall–Kier alpha value is -5.46. The van der Waals surface area contributed by atoms with E-state index in [9.17, 15) is 0 Å². The van der Waals surface area contributed by atoms with Crippen molar-refractivity contribution in [1.29, 1.82) is 0 Å². The molecule has 1 radical (unpaired) electrons. The number of benzene rings is 5. The van der Waals surface area contributed by atoms with Crippen LogP contribution in [0.2, 0.25) is 19.6 Å².